The van der Waals surface area contributed by atoms with E-state index >= 15 is 0 Å². The molecular weight excluding hydrogens is 242 g/mol. The number of aromatic nitrogens is 1. The highest BCUT2D eigenvalue weighted by Crippen LogP contribution is 2.28. The Hall–Kier alpha value is -1.36. The van der Waals surface area contributed by atoms with Crippen molar-refractivity contribution in [1.82, 2.24) is 4.98 Å². The number of nitrogens with zero attached hydrogens (tertiary/aromatic N) is 2. The number of nitrogens with one attached hydrogen (secondary N) is 1. The van der Waals surface area contributed by atoms with Gasteiger partial charge in [0.1, 0.15) is 11.0 Å². The van der Waals surface area contributed by atoms with E-state index in [0.717, 1.165) is 12.8 Å². The van der Waals surface area contributed by atoms with Gasteiger partial charge < -0.3 is 5.32 Å². The van der Waals surface area contributed by atoms with E-state index in [-0.39, 0.29) is 10.8 Å². The topological polar surface area (TPSA) is 68.1 Å². The summed E-state index contributed by atoms with van der Waals surface area (Å²) in [6, 6.07) is 3.02. The van der Waals surface area contributed by atoms with Crippen molar-refractivity contribution < 1.29 is 4.92 Å². The zero-order valence-electron chi connectivity index (χ0n) is 9.52. The monoisotopic (exact) mass is 255 g/mol. The Balaban J connectivity index is 2.12. The second-order valence-corrected chi connectivity index (χ2v) is 4.94. The molecule has 1 aliphatic carbocycles. The van der Waals surface area contributed by atoms with E-state index in [1.54, 1.807) is 0 Å². The predicted molar refractivity (Wildman–Crippen MR) is 66.3 cm³/mol. The Kier molecular flexibility index (Phi) is 3.47. The van der Waals surface area contributed by atoms with Crippen molar-refractivity contribution in [2.45, 2.75) is 32.2 Å². The molecule has 0 spiro atoms. The number of halogens is 1. The number of hydrogen-bond acceptors (Lipinski definition) is 4. The Labute approximate surface area is 104 Å². The van der Waals surface area contributed by atoms with Gasteiger partial charge in [-0.1, -0.05) is 18.5 Å². The summed E-state index contributed by atoms with van der Waals surface area (Å²) in [6.07, 6.45) is 3.32. The van der Waals surface area contributed by atoms with E-state index in [1.165, 1.54) is 18.6 Å². The van der Waals surface area contributed by atoms with Crippen LogP contribution in [0.4, 0.5) is 11.5 Å². The lowest BCUT2D eigenvalue weighted by molar-refractivity contribution is -0.384. The molecule has 0 aliphatic heterocycles. The van der Waals surface area contributed by atoms with Crippen LogP contribution < -0.4 is 5.32 Å². The SMILES string of the molecule is CC1CCC(Nc2cc([N+](=O)[O-])cc(Cl)n2)C1. The third-order valence-electron chi connectivity index (χ3n) is 3.04. The van der Waals surface area contributed by atoms with Crippen LogP contribution in [0.15, 0.2) is 12.1 Å². The maximum absolute atomic E-state index is 10.7. The van der Waals surface area contributed by atoms with Gasteiger partial charge in [0, 0.05) is 6.04 Å². The average Bonchev–Trinajstić information content (AvgIpc) is 2.63. The molecule has 2 rings (SSSR count). The van der Waals surface area contributed by atoms with Gasteiger partial charge in [0.15, 0.2) is 0 Å². The molecular formula is C11H14ClN3O2. The Morgan fingerprint density at radius 1 is 1.53 bits per heavy atom. The molecule has 92 valence electrons. The van der Waals surface area contributed by atoms with Crippen LogP contribution in [-0.4, -0.2) is 15.9 Å². The van der Waals surface area contributed by atoms with E-state index in [0.29, 0.717) is 17.8 Å². The predicted octanol–water partition coefficient (Wildman–Crippen LogP) is 3.24. The Morgan fingerprint density at radius 2 is 2.29 bits per heavy atom. The third-order valence-corrected chi connectivity index (χ3v) is 3.23. The van der Waals surface area contributed by atoms with Gasteiger partial charge in [0.05, 0.1) is 17.1 Å². The zero-order chi connectivity index (χ0) is 12.4. The highest BCUT2D eigenvalue weighted by atomic mass is 35.5. The third kappa shape index (κ3) is 3.06. The molecule has 1 fully saturated rings. The fourth-order valence-electron chi connectivity index (χ4n) is 2.21. The highest BCUT2D eigenvalue weighted by Gasteiger charge is 2.22. The first-order valence-corrected chi connectivity index (χ1v) is 6.01. The van der Waals surface area contributed by atoms with Gasteiger partial charge in [-0.25, -0.2) is 4.98 Å². The molecule has 0 amide bonds. The summed E-state index contributed by atoms with van der Waals surface area (Å²) >= 11 is 5.75. The molecule has 2 unspecified atom stereocenters. The molecule has 1 aromatic heterocycles. The highest BCUT2D eigenvalue weighted by molar-refractivity contribution is 6.29. The van der Waals surface area contributed by atoms with Crippen LogP contribution >= 0.6 is 11.6 Å². The lowest BCUT2D eigenvalue weighted by Gasteiger charge is -2.12. The Bertz CT molecular complexity index is 439. The van der Waals surface area contributed by atoms with Crippen LogP contribution in [0.1, 0.15) is 26.2 Å². The Morgan fingerprint density at radius 3 is 2.88 bits per heavy atom. The number of nitro groups is 1. The van der Waals surface area contributed by atoms with Gasteiger partial charge in [0.2, 0.25) is 0 Å². The van der Waals surface area contributed by atoms with Crippen molar-refractivity contribution in [3.63, 3.8) is 0 Å². The molecule has 2 atom stereocenters. The van der Waals surface area contributed by atoms with Gasteiger partial charge in [-0.15, -0.1) is 0 Å². The molecule has 5 nitrogen and oxygen atoms in total. The molecule has 0 saturated heterocycles. The van der Waals surface area contributed by atoms with Crippen molar-refractivity contribution >= 4 is 23.1 Å². The van der Waals surface area contributed by atoms with E-state index in [2.05, 4.69) is 17.2 Å². The van der Waals surface area contributed by atoms with Crippen molar-refractivity contribution in [2.75, 3.05) is 5.32 Å². The van der Waals surface area contributed by atoms with Crippen molar-refractivity contribution in [2.24, 2.45) is 5.92 Å². The molecule has 1 heterocycles. The van der Waals surface area contributed by atoms with E-state index in [1.807, 2.05) is 0 Å². The number of anilines is 1. The summed E-state index contributed by atoms with van der Waals surface area (Å²) in [5.74, 6) is 1.19. The fourth-order valence-corrected chi connectivity index (χ4v) is 2.41. The smallest absolute Gasteiger partial charge is 0.276 e. The van der Waals surface area contributed by atoms with Gasteiger partial charge in [-0.05, 0) is 25.2 Å². The summed E-state index contributed by atoms with van der Waals surface area (Å²) < 4.78 is 0. The second kappa shape index (κ2) is 4.87. The summed E-state index contributed by atoms with van der Waals surface area (Å²) in [5.41, 5.74) is -0.0291. The number of rotatable bonds is 3. The molecule has 6 heteroatoms. The van der Waals surface area contributed by atoms with Crippen molar-refractivity contribution in [1.29, 1.82) is 0 Å². The van der Waals surface area contributed by atoms with Gasteiger partial charge in [-0.2, -0.15) is 0 Å². The number of pyridine rings is 1. The van der Waals surface area contributed by atoms with Crippen LogP contribution in [0.5, 0.6) is 0 Å². The molecule has 0 bridgehead atoms. The minimum Gasteiger partial charge on any atom is -0.367 e. The molecule has 17 heavy (non-hydrogen) atoms. The maximum Gasteiger partial charge on any atom is 0.276 e. The van der Waals surface area contributed by atoms with Gasteiger partial charge in [-0.3, -0.25) is 10.1 Å². The van der Waals surface area contributed by atoms with Crippen LogP contribution in [-0.2, 0) is 0 Å². The van der Waals surface area contributed by atoms with Crippen LogP contribution in [0.3, 0.4) is 0 Å². The quantitative estimate of drug-likeness (QED) is 0.511. The normalized spacial score (nSPS) is 23.6. The average molecular weight is 256 g/mol. The minimum absolute atomic E-state index is 0.0291. The maximum atomic E-state index is 10.7. The first-order valence-electron chi connectivity index (χ1n) is 5.63. The van der Waals surface area contributed by atoms with E-state index in [9.17, 15) is 10.1 Å². The molecule has 1 aliphatic rings. The summed E-state index contributed by atoms with van der Waals surface area (Å²) in [4.78, 5) is 14.3. The number of hydrogen-bond donors (Lipinski definition) is 1. The first-order chi connectivity index (χ1) is 8.04. The van der Waals surface area contributed by atoms with E-state index < -0.39 is 4.92 Å². The molecule has 1 aromatic rings. The van der Waals surface area contributed by atoms with Crippen LogP contribution in [0.2, 0.25) is 5.15 Å². The lowest BCUT2D eigenvalue weighted by Crippen LogP contribution is -2.16. The standard InChI is InChI=1S/C11H14ClN3O2/c1-7-2-3-8(4-7)13-11-6-9(15(16)17)5-10(12)14-11/h5-8H,2-4H2,1H3,(H,13,14). The van der Waals surface area contributed by atoms with Gasteiger partial charge >= 0.3 is 0 Å². The molecule has 0 aromatic carbocycles. The largest absolute Gasteiger partial charge is 0.367 e. The van der Waals surface area contributed by atoms with Crippen molar-refractivity contribution in [3.8, 4) is 0 Å². The summed E-state index contributed by atoms with van der Waals surface area (Å²) in [5, 5.41) is 14.0. The lowest BCUT2D eigenvalue weighted by atomic mass is 10.1. The second-order valence-electron chi connectivity index (χ2n) is 4.55. The molecule has 1 N–H and O–H groups in total. The van der Waals surface area contributed by atoms with Gasteiger partial charge in [0.25, 0.3) is 5.69 Å². The minimum atomic E-state index is -0.462. The summed E-state index contributed by atoms with van der Waals surface area (Å²) in [7, 11) is 0. The fraction of sp³-hybridized carbons (Fsp3) is 0.545. The summed E-state index contributed by atoms with van der Waals surface area (Å²) in [6.45, 7) is 2.20. The molecule has 0 radical (unpaired) electrons. The zero-order valence-corrected chi connectivity index (χ0v) is 10.3. The van der Waals surface area contributed by atoms with Crippen LogP contribution in [0, 0.1) is 16.0 Å². The first kappa shape index (κ1) is 12.1. The van der Waals surface area contributed by atoms with E-state index in [4.69, 9.17) is 11.6 Å². The van der Waals surface area contributed by atoms with Crippen molar-refractivity contribution in [3.05, 3.63) is 27.4 Å². The van der Waals surface area contributed by atoms with Crippen LogP contribution in [0.25, 0.3) is 0 Å². The molecule has 1 saturated carbocycles.